The zero-order valence-corrected chi connectivity index (χ0v) is 7.38. The Bertz CT molecular complexity index is 595. The molecular weight excluding hydrogens is 198 g/mol. The molecule has 0 aliphatic rings. The smallest absolute Gasteiger partial charge is 0.356 e. The number of imidazole rings is 1. The van der Waals surface area contributed by atoms with E-state index in [2.05, 4.69) is 9.97 Å². The lowest BCUT2D eigenvalue weighted by molar-refractivity contribution is 0.0691. The van der Waals surface area contributed by atoms with Gasteiger partial charge in [-0.2, -0.15) is 5.26 Å². The third-order valence-corrected chi connectivity index (χ3v) is 1.87. The Balaban J connectivity index is 2.78. The molecule has 3 N–H and O–H groups in total. The van der Waals surface area contributed by atoms with Crippen molar-refractivity contribution in [2.24, 2.45) is 0 Å². The van der Waals surface area contributed by atoms with E-state index in [-0.39, 0.29) is 22.9 Å². The van der Waals surface area contributed by atoms with Crippen molar-refractivity contribution in [3.8, 4) is 6.07 Å². The first-order valence-corrected chi connectivity index (χ1v) is 3.90. The molecule has 2 rings (SSSR count). The van der Waals surface area contributed by atoms with Crippen LogP contribution in [0, 0.1) is 11.3 Å². The molecule has 0 aliphatic carbocycles. The molecule has 0 radical (unpaired) electrons. The number of hydrogen-bond acceptors (Lipinski definition) is 5. The second kappa shape index (κ2) is 2.95. The third kappa shape index (κ3) is 1.24. The van der Waals surface area contributed by atoms with Gasteiger partial charge < -0.3 is 10.8 Å². The highest BCUT2D eigenvalue weighted by molar-refractivity contribution is 5.86. The predicted octanol–water partition coefficient (Wildman–Crippen LogP) is -0.119. The molecule has 0 bridgehead atoms. The molecule has 0 saturated heterocycles. The highest BCUT2D eigenvalue weighted by Gasteiger charge is 2.12. The number of nitrogens with two attached hydrogens (primary N) is 1. The summed E-state index contributed by atoms with van der Waals surface area (Å²) in [5.41, 5.74) is 5.63. The maximum Gasteiger partial charge on any atom is 0.356 e. The number of nitrogen functional groups attached to an aromatic ring is 1. The second-order valence-electron chi connectivity index (χ2n) is 2.77. The molecule has 0 aliphatic heterocycles. The van der Waals surface area contributed by atoms with Gasteiger partial charge in [-0.1, -0.05) is 0 Å². The summed E-state index contributed by atoms with van der Waals surface area (Å²) in [6.07, 6.45) is 2.48. The highest BCUT2D eigenvalue weighted by atomic mass is 16.4. The van der Waals surface area contributed by atoms with E-state index in [1.807, 2.05) is 6.07 Å². The van der Waals surface area contributed by atoms with Crippen LogP contribution in [-0.2, 0) is 0 Å². The summed E-state index contributed by atoms with van der Waals surface area (Å²) in [4.78, 5) is 18.1. The Morgan fingerprint density at radius 3 is 3.00 bits per heavy atom. The summed E-state index contributed by atoms with van der Waals surface area (Å²) in [7, 11) is 0. The zero-order chi connectivity index (χ0) is 11.0. The van der Waals surface area contributed by atoms with E-state index < -0.39 is 5.97 Å². The van der Waals surface area contributed by atoms with E-state index >= 15 is 0 Å². The summed E-state index contributed by atoms with van der Waals surface area (Å²) in [6.45, 7) is 0. The Morgan fingerprint density at radius 1 is 1.67 bits per heavy atom. The first-order chi connectivity index (χ1) is 7.13. The summed E-state index contributed by atoms with van der Waals surface area (Å²) in [6, 6.07) is 1.84. The van der Waals surface area contributed by atoms with Crippen molar-refractivity contribution in [2.75, 3.05) is 5.73 Å². The number of hydrogen-bond donors (Lipinski definition) is 2. The minimum absolute atomic E-state index is 0.127. The molecular formula is C8H5N5O2. The van der Waals surface area contributed by atoms with Crippen LogP contribution in [0.2, 0.25) is 0 Å². The van der Waals surface area contributed by atoms with Gasteiger partial charge in [-0.3, -0.25) is 4.40 Å². The van der Waals surface area contributed by atoms with Crippen LogP contribution in [0.15, 0.2) is 12.4 Å². The maximum atomic E-state index is 10.6. The lowest BCUT2D eigenvalue weighted by Crippen LogP contribution is -2.00. The fourth-order valence-electron chi connectivity index (χ4n) is 1.15. The molecule has 0 fully saturated rings. The predicted molar refractivity (Wildman–Crippen MR) is 49.1 cm³/mol. The SMILES string of the molecule is N#Cc1cnc2nc(C(=O)O)cn2c1N. The Hall–Kier alpha value is -2.62. The number of rotatable bonds is 1. The Kier molecular flexibility index (Phi) is 1.76. The van der Waals surface area contributed by atoms with E-state index in [0.29, 0.717) is 0 Å². The van der Waals surface area contributed by atoms with E-state index in [9.17, 15) is 4.79 Å². The number of carboxylic acid groups (broad SMARTS) is 1. The molecule has 2 heterocycles. The summed E-state index contributed by atoms with van der Waals surface area (Å²) in [5.74, 6) is -0.884. The molecule has 0 saturated carbocycles. The van der Waals surface area contributed by atoms with E-state index in [1.165, 1.54) is 16.8 Å². The molecule has 0 atom stereocenters. The number of nitrogens with zero attached hydrogens (tertiary/aromatic N) is 4. The third-order valence-electron chi connectivity index (χ3n) is 1.87. The second-order valence-corrected chi connectivity index (χ2v) is 2.77. The Morgan fingerprint density at radius 2 is 2.40 bits per heavy atom. The fraction of sp³-hybridized carbons (Fsp3) is 0. The number of aromatic nitrogens is 3. The first kappa shape index (κ1) is 8.96. The van der Waals surface area contributed by atoms with Gasteiger partial charge in [0.2, 0.25) is 5.78 Å². The minimum Gasteiger partial charge on any atom is -0.476 e. The number of anilines is 1. The number of nitriles is 1. The van der Waals surface area contributed by atoms with Crippen LogP contribution in [0.3, 0.4) is 0 Å². The average Bonchev–Trinajstić information content (AvgIpc) is 2.63. The van der Waals surface area contributed by atoms with E-state index in [4.69, 9.17) is 16.1 Å². The average molecular weight is 203 g/mol. The van der Waals surface area contributed by atoms with E-state index in [0.717, 1.165) is 0 Å². The van der Waals surface area contributed by atoms with Crippen LogP contribution in [0.1, 0.15) is 16.1 Å². The Labute approximate surface area is 83.4 Å². The molecule has 15 heavy (non-hydrogen) atoms. The van der Waals surface area contributed by atoms with Crippen molar-refractivity contribution in [3.05, 3.63) is 23.7 Å². The van der Waals surface area contributed by atoms with Gasteiger partial charge in [0.25, 0.3) is 0 Å². The summed E-state index contributed by atoms with van der Waals surface area (Å²) in [5, 5.41) is 17.4. The molecule has 7 nitrogen and oxygen atoms in total. The van der Waals surface area contributed by atoms with Crippen molar-refractivity contribution in [3.63, 3.8) is 0 Å². The van der Waals surface area contributed by atoms with Crippen LogP contribution in [0.4, 0.5) is 5.82 Å². The summed E-state index contributed by atoms with van der Waals surface area (Å²) >= 11 is 0. The standard InChI is InChI=1S/C8H5N5O2/c9-1-4-2-11-8-12-5(7(14)15)3-13(8)6(4)10/h2-3H,10H2,(H,14,15). The molecule has 7 heteroatoms. The van der Waals surface area contributed by atoms with Crippen LogP contribution in [-0.4, -0.2) is 25.4 Å². The first-order valence-electron chi connectivity index (χ1n) is 3.90. The van der Waals surface area contributed by atoms with Crippen LogP contribution >= 0.6 is 0 Å². The zero-order valence-electron chi connectivity index (χ0n) is 7.38. The molecule has 0 aromatic carbocycles. The molecule has 0 unspecified atom stereocenters. The van der Waals surface area contributed by atoms with Crippen molar-refractivity contribution >= 4 is 17.6 Å². The van der Waals surface area contributed by atoms with Gasteiger partial charge in [0, 0.05) is 6.20 Å². The number of carbonyl (C=O) groups is 1. The van der Waals surface area contributed by atoms with Crippen molar-refractivity contribution in [1.82, 2.24) is 14.4 Å². The van der Waals surface area contributed by atoms with Crippen molar-refractivity contribution < 1.29 is 9.90 Å². The van der Waals surface area contributed by atoms with Gasteiger partial charge in [0.05, 0.1) is 6.20 Å². The largest absolute Gasteiger partial charge is 0.476 e. The quantitative estimate of drug-likeness (QED) is 0.667. The van der Waals surface area contributed by atoms with Crippen LogP contribution < -0.4 is 5.73 Å². The van der Waals surface area contributed by atoms with Crippen molar-refractivity contribution in [1.29, 1.82) is 5.26 Å². The van der Waals surface area contributed by atoms with Gasteiger partial charge in [0.1, 0.15) is 17.5 Å². The number of aromatic carboxylic acids is 1. The normalized spacial score (nSPS) is 10.1. The van der Waals surface area contributed by atoms with Gasteiger partial charge in [-0.15, -0.1) is 0 Å². The minimum atomic E-state index is -1.17. The number of fused-ring (bicyclic) bond motifs is 1. The van der Waals surface area contributed by atoms with E-state index in [1.54, 1.807) is 0 Å². The van der Waals surface area contributed by atoms with Gasteiger partial charge in [-0.25, -0.2) is 14.8 Å². The molecule has 0 spiro atoms. The maximum absolute atomic E-state index is 10.6. The topological polar surface area (TPSA) is 117 Å². The van der Waals surface area contributed by atoms with Gasteiger partial charge >= 0.3 is 5.97 Å². The fourth-order valence-corrected chi connectivity index (χ4v) is 1.15. The summed E-state index contributed by atoms with van der Waals surface area (Å²) < 4.78 is 1.27. The van der Waals surface area contributed by atoms with Gasteiger partial charge in [0.15, 0.2) is 5.69 Å². The monoisotopic (exact) mass is 203 g/mol. The van der Waals surface area contributed by atoms with Gasteiger partial charge in [-0.05, 0) is 0 Å². The van der Waals surface area contributed by atoms with Crippen LogP contribution in [0.5, 0.6) is 0 Å². The molecule has 0 amide bonds. The lowest BCUT2D eigenvalue weighted by atomic mass is 10.3. The highest BCUT2D eigenvalue weighted by Crippen LogP contribution is 2.12. The molecule has 2 aromatic rings. The molecule has 2 aromatic heterocycles. The van der Waals surface area contributed by atoms with Crippen LogP contribution in [0.25, 0.3) is 5.78 Å². The van der Waals surface area contributed by atoms with Crippen molar-refractivity contribution in [2.45, 2.75) is 0 Å². The molecule has 74 valence electrons. The number of carboxylic acids is 1. The lowest BCUT2D eigenvalue weighted by Gasteiger charge is -1.98.